The summed E-state index contributed by atoms with van der Waals surface area (Å²) in [7, 11) is -3.46. The molecule has 120 valence electrons. The van der Waals surface area contributed by atoms with Crippen molar-refractivity contribution >= 4 is 21.8 Å². The molecule has 21 heavy (non-hydrogen) atoms. The van der Waals surface area contributed by atoms with Crippen LogP contribution in [0.3, 0.4) is 0 Å². The van der Waals surface area contributed by atoms with Gasteiger partial charge in [-0.25, -0.2) is 13.1 Å². The number of thioether (sulfide) groups is 1. The minimum absolute atomic E-state index is 0.0877. The first-order valence-corrected chi connectivity index (χ1v) is 10.00. The number of nitrogens with one attached hydrogen (secondary N) is 1. The Labute approximate surface area is 131 Å². The summed E-state index contributed by atoms with van der Waals surface area (Å²) in [6.07, 6.45) is 7.08. The van der Waals surface area contributed by atoms with Gasteiger partial charge in [0.15, 0.2) is 0 Å². The fraction of sp³-hybridized carbons (Fsp3) is 0.714. The minimum atomic E-state index is -3.46. The molecule has 5 nitrogen and oxygen atoms in total. The highest BCUT2D eigenvalue weighted by Crippen LogP contribution is 2.42. The van der Waals surface area contributed by atoms with Crippen LogP contribution in [-0.2, 0) is 16.6 Å². The summed E-state index contributed by atoms with van der Waals surface area (Å²) in [4.78, 5) is 0.312. The first kappa shape index (κ1) is 16.9. The molecule has 0 spiro atoms. The molecule has 7 heteroatoms. The largest absolute Gasteiger partial charge is 0.346 e. The topological polar surface area (TPSA) is 77.1 Å². The number of rotatable bonds is 7. The lowest BCUT2D eigenvalue weighted by atomic mass is 9.84. The van der Waals surface area contributed by atoms with Crippen molar-refractivity contribution in [2.75, 3.05) is 12.8 Å². The molecule has 0 aliphatic heterocycles. The molecule has 1 aliphatic carbocycles. The second-order valence-electron chi connectivity index (χ2n) is 5.94. The van der Waals surface area contributed by atoms with Gasteiger partial charge in [0, 0.05) is 35.8 Å². The third-order valence-corrected chi connectivity index (χ3v) is 7.05. The van der Waals surface area contributed by atoms with Crippen LogP contribution in [0.1, 0.15) is 44.8 Å². The van der Waals surface area contributed by atoms with Crippen molar-refractivity contribution in [3.63, 3.8) is 0 Å². The maximum absolute atomic E-state index is 12.5. The Morgan fingerprint density at radius 2 is 2.14 bits per heavy atom. The maximum Gasteiger partial charge on any atom is 0.242 e. The van der Waals surface area contributed by atoms with Crippen LogP contribution in [0.5, 0.6) is 0 Å². The third-order valence-electron chi connectivity index (χ3n) is 4.26. The van der Waals surface area contributed by atoms with Crippen LogP contribution in [0.4, 0.5) is 0 Å². The van der Waals surface area contributed by atoms with E-state index in [2.05, 4.69) is 11.0 Å². The van der Waals surface area contributed by atoms with Crippen molar-refractivity contribution in [3.8, 4) is 0 Å². The van der Waals surface area contributed by atoms with Gasteiger partial charge in [-0.15, -0.1) is 0 Å². The van der Waals surface area contributed by atoms with Crippen LogP contribution in [0, 0.1) is 0 Å². The quantitative estimate of drug-likeness (QED) is 0.802. The summed E-state index contributed by atoms with van der Waals surface area (Å²) in [5.74, 6) is 0. The molecular formula is C14H25N3O2S2. The molecule has 1 fully saturated rings. The van der Waals surface area contributed by atoms with Crippen molar-refractivity contribution in [2.45, 2.75) is 55.3 Å². The van der Waals surface area contributed by atoms with Gasteiger partial charge in [-0.05, 0) is 39.0 Å². The first-order chi connectivity index (χ1) is 9.83. The zero-order chi connectivity index (χ0) is 15.7. The number of aromatic nitrogens is 1. The number of hydrogen-bond donors (Lipinski definition) is 2. The number of hydrogen-bond acceptors (Lipinski definition) is 4. The predicted molar refractivity (Wildman–Crippen MR) is 88.0 cm³/mol. The van der Waals surface area contributed by atoms with Crippen molar-refractivity contribution in [1.82, 2.24) is 9.29 Å². The highest BCUT2D eigenvalue weighted by Gasteiger charge is 2.37. The molecule has 0 saturated heterocycles. The lowest BCUT2D eigenvalue weighted by molar-refractivity contribution is 0.362. The minimum Gasteiger partial charge on any atom is -0.346 e. The van der Waals surface area contributed by atoms with Crippen molar-refractivity contribution in [2.24, 2.45) is 5.73 Å². The van der Waals surface area contributed by atoms with Gasteiger partial charge < -0.3 is 10.3 Å². The lowest BCUT2D eigenvalue weighted by Crippen LogP contribution is -2.45. The van der Waals surface area contributed by atoms with Gasteiger partial charge in [0.2, 0.25) is 10.0 Å². The maximum atomic E-state index is 12.5. The molecule has 0 atom stereocenters. The summed E-state index contributed by atoms with van der Waals surface area (Å²) in [6, 6.07) is 1.87. The molecule has 0 bridgehead atoms. The zero-order valence-electron chi connectivity index (χ0n) is 12.9. The van der Waals surface area contributed by atoms with Gasteiger partial charge in [0.25, 0.3) is 0 Å². The monoisotopic (exact) mass is 331 g/mol. The Balaban J connectivity index is 2.16. The second kappa shape index (κ2) is 6.32. The Morgan fingerprint density at radius 3 is 2.52 bits per heavy atom. The number of nitrogens with two attached hydrogens (primary N) is 1. The smallest absolute Gasteiger partial charge is 0.242 e. The average Bonchev–Trinajstić information content (AvgIpc) is 2.83. The highest BCUT2D eigenvalue weighted by molar-refractivity contribution is 8.00. The Hall–Kier alpha value is -0.500. The summed E-state index contributed by atoms with van der Waals surface area (Å²) in [5.41, 5.74) is 6.54. The molecule has 0 radical (unpaired) electrons. The molecule has 1 aromatic rings. The average molecular weight is 332 g/mol. The Bertz CT molecular complexity index is 584. The van der Waals surface area contributed by atoms with Gasteiger partial charge in [-0.2, -0.15) is 11.8 Å². The summed E-state index contributed by atoms with van der Waals surface area (Å²) < 4.78 is 29.7. The van der Waals surface area contributed by atoms with Gasteiger partial charge in [-0.3, -0.25) is 0 Å². The van der Waals surface area contributed by atoms with E-state index in [1.54, 1.807) is 24.0 Å². The second-order valence-corrected chi connectivity index (χ2v) is 8.98. The molecule has 0 aromatic carbocycles. The molecular weight excluding hydrogens is 306 g/mol. The van der Waals surface area contributed by atoms with Gasteiger partial charge >= 0.3 is 0 Å². The highest BCUT2D eigenvalue weighted by atomic mass is 32.2. The Kier molecular flexibility index (Phi) is 5.07. The van der Waals surface area contributed by atoms with E-state index < -0.39 is 10.0 Å². The van der Waals surface area contributed by atoms with E-state index in [1.807, 2.05) is 18.4 Å². The summed E-state index contributed by atoms with van der Waals surface area (Å²) >= 11 is 1.76. The van der Waals surface area contributed by atoms with E-state index in [-0.39, 0.29) is 10.8 Å². The normalized spacial score (nSPS) is 18.0. The molecule has 1 saturated carbocycles. The molecule has 0 unspecified atom stereocenters. The van der Waals surface area contributed by atoms with Gasteiger partial charge in [0.1, 0.15) is 0 Å². The molecule has 3 N–H and O–H groups in total. The van der Waals surface area contributed by atoms with Crippen LogP contribution in [-0.4, -0.2) is 30.5 Å². The first-order valence-electron chi connectivity index (χ1n) is 7.29. The van der Waals surface area contributed by atoms with E-state index in [9.17, 15) is 8.42 Å². The van der Waals surface area contributed by atoms with Crippen molar-refractivity contribution < 1.29 is 8.42 Å². The van der Waals surface area contributed by atoms with E-state index in [0.29, 0.717) is 18.0 Å². The Morgan fingerprint density at radius 1 is 1.48 bits per heavy atom. The van der Waals surface area contributed by atoms with Crippen LogP contribution in [0.2, 0.25) is 0 Å². The molecule has 2 rings (SSSR count). The zero-order valence-corrected chi connectivity index (χ0v) is 14.6. The summed E-state index contributed by atoms with van der Waals surface area (Å²) in [6.45, 7) is 4.86. The molecule has 0 amide bonds. The predicted octanol–water partition coefficient (Wildman–Crippen LogP) is 2.09. The lowest BCUT2D eigenvalue weighted by Gasteiger charge is -2.40. The van der Waals surface area contributed by atoms with E-state index in [0.717, 1.165) is 18.5 Å². The van der Waals surface area contributed by atoms with E-state index >= 15 is 0 Å². The number of nitrogens with zero attached hydrogens (tertiary/aromatic N) is 1. The number of sulfonamides is 1. The molecule has 1 aliphatic rings. The van der Waals surface area contributed by atoms with E-state index in [1.165, 1.54) is 6.42 Å². The standard InChI is InChI=1S/C14H25N3O2S2/c1-11(2)17-9-13(7-12(17)8-15)21(18,19)16-10-14(20-3)5-4-6-14/h7,9,11,16H,4-6,8,10,15H2,1-3H3. The molecule has 1 aromatic heterocycles. The summed E-state index contributed by atoms with van der Waals surface area (Å²) in [5, 5.41) is 0. The van der Waals surface area contributed by atoms with Crippen molar-refractivity contribution in [1.29, 1.82) is 0 Å². The van der Waals surface area contributed by atoms with Crippen LogP contribution in [0.25, 0.3) is 0 Å². The van der Waals surface area contributed by atoms with Crippen LogP contribution in [0.15, 0.2) is 17.2 Å². The fourth-order valence-corrected chi connectivity index (χ4v) is 4.80. The van der Waals surface area contributed by atoms with E-state index in [4.69, 9.17) is 5.73 Å². The SMILES string of the molecule is CSC1(CNS(=O)(=O)c2cc(CN)n(C(C)C)c2)CCC1. The van der Waals surface area contributed by atoms with Gasteiger partial charge in [-0.1, -0.05) is 6.42 Å². The van der Waals surface area contributed by atoms with Crippen molar-refractivity contribution in [3.05, 3.63) is 18.0 Å². The van der Waals surface area contributed by atoms with Crippen LogP contribution < -0.4 is 10.5 Å². The molecule has 1 heterocycles. The van der Waals surface area contributed by atoms with Crippen LogP contribution >= 0.6 is 11.8 Å². The fourth-order valence-electron chi connectivity index (χ4n) is 2.62. The van der Waals surface area contributed by atoms with Gasteiger partial charge in [0.05, 0.1) is 4.90 Å². The third kappa shape index (κ3) is 3.47.